The molecule has 0 unspecified atom stereocenters. The molecule has 4 N–H and O–H groups in total. The summed E-state index contributed by atoms with van der Waals surface area (Å²) in [6, 6.07) is 19.2. The average molecular weight is 613 g/mol. The average Bonchev–Trinajstić information content (AvgIpc) is 2.96. The van der Waals surface area contributed by atoms with Crippen LogP contribution in [0.3, 0.4) is 0 Å². The zero-order chi connectivity index (χ0) is 31.1. The van der Waals surface area contributed by atoms with Crippen LogP contribution in [0, 0.1) is 36.5 Å². The number of nitrogens with one attached hydrogen (secondary N) is 2. The largest absolute Gasteiger partial charge is 0.383 e. The number of anilines is 3. The lowest BCUT2D eigenvalue weighted by molar-refractivity contribution is -0.115. The molecule has 43 heavy (non-hydrogen) atoms. The maximum absolute atomic E-state index is 12.8. The van der Waals surface area contributed by atoms with Gasteiger partial charge in [-0.25, -0.2) is 28.1 Å². The topological polar surface area (TPSA) is 188 Å². The van der Waals surface area contributed by atoms with Gasteiger partial charge in [0, 0.05) is 34.8 Å². The highest BCUT2D eigenvalue weighted by molar-refractivity contribution is 7.99. The highest BCUT2D eigenvalue weighted by atomic mass is 32.2. The third kappa shape index (κ3) is 7.46. The molecule has 0 atom stereocenters. The molecule has 0 aliphatic heterocycles. The Labute approximate surface area is 254 Å². The number of thioether (sulfide) groups is 1. The van der Waals surface area contributed by atoms with Crippen molar-refractivity contribution in [2.75, 3.05) is 21.5 Å². The Morgan fingerprint density at radius 2 is 1.58 bits per heavy atom. The van der Waals surface area contributed by atoms with E-state index in [1.165, 1.54) is 36.0 Å². The summed E-state index contributed by atoms with van der Waals surface area (Å²) >= 11 is 1.19. The highest BCUT2D eigenvalue weighted by Crippen LogP contribution is 2.36. The van der Waals surface area contributed by atoms with Crippen molar-refractivity contribution in [1.82, 2.24) is 15.0 Å². The summed E-state index contributed by atoms with van der Waals surface area (Å²) in [5, 5.41) is 22.8. The van der Waals surface area contributed by atoms with Crippen LogP contribution in [0.15, 0.2) is 64.5 Å². The van der Waals surface area contributed by atoms with Crippen molar-refractivity contribution < 1.29 is 13.2 Å². The van der Waals surface area contributed by atoms with Crippen LogP contribution in [0.2, 0.25) is 0 Å². The van der Waals surface area contributed by atoms with E-state index in [0.29, 0.717) is 33.2 Å². The first-order valence-electron chi connectivity index (χ1n) is 13.2. The van der Waals surface area contributed by atoms with Gasteiger partial charge in [0.05, 0.1) is 10.5 Å². The van der Waals surface area contributed by atoms with E-state index in [1.807, 2.05) is 31.2 Å². The van der Waals surface area contributed by atoms with Crippen LogP contribution < -0.4 is 15.8 Å². The molecule has 0 saturated heterocycles. The number of hydrogen-bond acceptors (Lipinski definition) is 10. The van der Waals surface area contributed by atoms with Gasteiger partial charge < -0.3 is 11.1 Å². The second kappa shape index (κ2) is 13.3. The fourth-order valence-electron chi connectivity index (χ4n) is 4.23. The van der Waals surface area contributed by atoms with Crippen molar-refractivity contribution in [2.45, 2.75) is 43.5 Å². The van der Waals surface area contributed by atoms with Crippen molar-refractivity contribution in [2.24, 2.45) is 0 Å². The molecule has 0 bridgehead atoms. The predicted molar refractivity (Wildman–Crippen MR) is 166 cm³/mol. The number of amides is 1. The molecule has 13 heteroatoms. The molecule has 0 aliphatic rings. The van der Waals surface area contributed by atoms with Gasteiger partial charge in [0.25, 0.3) is 10.0 Å². The zero-order valence-corrected chi connectivity index (χ0v) is 25.3. The summed E-state index contributed by atoms with van der Waals surface area (Å²) in [5.41, 5.74) is 10.3. The number of nitrogen functional groups attached to an aromatic ring is 1. The van der Waals surface area contributed by atoms with Crippen molar-refractivity contribution in [1.29, 1.82) is 10.5 Å². The Morgan fingerprint density at radius 3 is 2.16 bits per heavy atom. The fraction of sp³-hybridized carbons (Fsp3) is 0.200. The van der Waals surface area contributed by atoms with Gasteiger partial charge in [-0.3, -0.25) is 4.79 Å². The second-order valence-corrected chi connectivity index (χ2v) is 12.2. The van der Waals surface area contributed by atoms with Gasteiger partial charge in [-0.1, -0.05) is 31.2 Å². The molecule has 4 rings (SSSR count). The van der Waals surface area contributed by atoms with Crippen LogP contribution in [-0.4, -0.2) is 35.0 Å². The Bertz CT molecular complexity index is 1840. The molecule has 1 amide bonds. The Morgan fingerprint density at radius 1 is 0.953 bits per heavy atom. The summed E-state index contributed by atoms with van der Waals surface area (Å²) in [5.74, 6) is -0.0525. The van der Waals surface area contributed by atoms with Gasteiger partial charge in [0.2, 0.25) is 11.9 Å². The molecular formula is C30H28N8O3S2. The maximum Gasteiger partial charge on any atom is 0.264 e. The number of pyridine rings is 1. The fourth-order valence-corrected chi connectivity index (χ4v) is 6.11. The summed E-state index contributed by atoms with van der Waals surface area (Å²) in [4.78, 5) is 25.1. The van der Waals surface area contributed by atoms with Crippen LogP contribution in [-0.2, 0) is 21.2 Å². The van der Waals surface area contributed by atoms with Crippen molar-refractivity contribution in [3.63, 3.8) is 0 Å². The monoisotopic (exact) mass is 612 g/mol. The van der Waals surface area contributed by atoms with Gasteiger partial charge in [0.1, 0.15) is 28.5 Å². The molecular weight excluding hydrogens is 585 g/mol. The van der Waals surface area contributed by atoms with E-state index in [2.05, 4.69) is 37.1 Å². The molecule has 0 fully saturated rings. The number of nitrogens with zero attached hydrogens (tertiary/aromatic N) is 5. The van der Waals surface area contributed by atoms with E-state index in [0.717, 1.165) is 12.0 Å². The van der Waals surface area contributed by atoms with E-state index >= 15 is 0 Å². The van der Waals surface area contributed by atoms with Crippen LogP contribution in [0.1, 0.15) is 41.4 Å². The molecule has 0 saturated carbocycles. The molecule has 0 radical (unpaired) electrons. The summed E-state index contributed by atoms with van der Waals surface area (Å²) in [7, 11) is -3.93. The molecule has 2 aromatic heterocycles. The van der Waals surface area contributed by atoms with E-state index in [4.69, 9.17) is 5.73 Å². The van der Waals surface area contributed by atoms with E-state index in [1.54, 1.807) is 19.9 Å². The van der Waals surface area contributed by atoms with Crippen LogP contribution in [0.4, 0.5) is 17.5 Å². The SMILES string of the molecule is CCc1ccc(-c2c(C#N)c(N)nc(SCCC(=O)Nc3ccc(S(=O)(=O)Nc4nc(C)cc(C)n4)cc3)c2C#N)cc1. The van der Waals surface area contributed by atoms with Crippen molar-refractivity contribution >= 4 is 45.1 Å². The molecule has 2 heterocycles. The Balaban J connectivity index is 1.42. The Hall–Kier alpha value is -4.98. The molecule has 0 aliphatic carbocycles. The van der Waals surface area contributed by atoms with Crippen molar-refractivity contribution in [3.05, 3.63) is 82.7 Å². The number of aromatic nitrogens is 3. The standard InChI is InChI=1S/C30H28N8O3S2/c1-4-20-5-7-21(8-6-20)27-24(16-31)28(33)37-29(25(27)17-32)42-14-13-26(39)36-22-9-11-23(12-10-22)43(40,41)38-30-34-18(2)15-19(3)35-30/h5-12,15H,4,13-14H2,1-3H3,(H2,33,37)(H,36,39)(H,34,35,38). The normalized spacial score (nSPS) is 10.9. The first-order valence-corrected chi connectivity index (χ1v) is 15.6. The highest BCUT2D eigenvalue weighted by Gasteiger charge is 2.21. The lowest BCUT2D eigenvalue weighted by atomic mass is 9.96. The zero-order valence-electron chi connectivity index (χ0n) is 23.7. The predicted octanol–water partition coefficient (Wildman–Crippen LogP) is 4.97. The molecule has 0 spiro atoms. The first-order chi connectivity index (χ1) is 20.5. The van der Waals surface area contributed by atoms with E-state index < -0.39 is 10.0 Å². The van der Waals surface area contributed by atoms with Crippen LogP contribution >= 0.6 is 11.8 Å². The smallest absolute Gasteiger partial charge is 0.264 e. The molecule has 4 aromatic rings. The minimum atomic E-state index is -3.93. The lowest BCUT2D eigenvalue weighted by Crippen LogP contribution is -2.16. The van der Waals surface area contributed by atoms with Gasteiger partial charge >= 0.3 is 0 Å². The number of nitriles is 2. The molecule has 218 valence electrons. The van der Waals surface area contributed by atoms with Crippen molar-refractivity contribution in [3.8, 4) is 23.3 Å². The summed E-state index contributed by atoms with van der Waals surface area (Å²) < 4.78 is 27.9. The minimum absolute atomic E-state index is 0.0108. The first kappa shape index (κ1) is 31.0. The molecule has 11 nitrogen and oxygen atoms in total. The number of benzene rings is 2. The number of hydrogen-bond donors (Lipinski definition) is 3. The van der Waals surface area contributed by atoms with Gasteiger partial charge in [-0.15, -0.1) is 11.8 Å². The van der Waals surface area contributed by atoms with Gasteiger partial charge in [0.15, 0.2) is 0 Å². The van der Waals surface area contributed by atoms with Crippen LogP contribution in [0.25, 0.3) is 11.1 Å². The summed E-state index contributed by atoms with van der Waals surface area (Å²) in [6.45, 7) is 5.52. The number of carbonyl (C=O) groups excluding carboxylic acids is 1. The third-order valence-electron chi connectivity index (χ3n) is 6.29. The second-order valence-electron chi connectivity index (χ2n) is 9.45. The lowest BCUT2D eigenvalue weighted by Gasteiger charge is -2.13. The molecule has 2 aromatic carbocycles. The third-order valence-corrected chi connectivity index (χ3v) is 8.61. The number of aryl methyl sites for hydroxylation is 3. The van der Waals surface area contributed by atoms with E-state index in [-0.39, 0.29) is 45.9 Å². The van der Waals surface area contributed by atoms with Gasteiger partial charge in [-0.2, -0.15) is 10.5 Å². The maximum atomic E-state index is 12.8. The number of rotatable bonds is 10. The minimum Gasteiger partial charge on any atom is -0.383 e. The number of nitrogens with two attached hydrogens (primary N) is 1. The Kier molecular flexibility index (Phi) is 9.60. The van der Waals surface area contributed by atoms with E-state index in [9.17, 15) is 23.7 Å². The number of sulfonamides is 1. The van der Waals surface area contributed by atoms with Crippen LogP contribution in [0.5, 0.6) is 0 Å². The summed E-state index contributed by atoms with van der Waals surface area (Å²) in [6.07, 6.45) is 0.922. The quantitative estimate of drug-likeness (QED) is 0.206. The number of carbonyl (C=O) groups is 1. The van der Waals surface area contributed by atoms with Gasteiger partial charge in [-0.05, 0) is 61.7 Å².